The van der Waals surface area contributed by atoms with Crippen molar-refractivity contribution in [3.63, 3.8) is 0 Å². The highest BCUT2D eigenvalue weighted by Crippen LogP contribution is 2.29. The number of rotatable bonds is 8. The molecule has 0 fully saturated rings. The summed E-state index contributed by atoms with van der Waals surface area (Å²) in [5.74, 6) is -1.56. The first-order valence-electron chi connectivity index (χ1n) is 8.52. The zero-order chi connectivity index (χ0) is 19.3. The zero-order valence-corrected chi connectivity index (χ0v) is 15.1. The first-order chi connectivity index (χ1) is 12.3. The molecule has 26 heavy (non-hydrogen) atoms. The van der Waals surface area contributed by atoms with E-state index in [1.165, 1.54) is 13.0 Å². The molecule has 0 aliphatic carbocycles. The van der Waals surface area contributed by atoms with Crippen LogP contribution in [0.5, 0.6) is 5.75 Å². The van der Waals surface area contributed by atoms with Crippen LogP contribution in [0.1, 0.15) is 37.8 Å². The predicted molar refractivity (Wildman–Crippen MR) is 93.9 cm³/mol. The van der Waals surface area contributed by atoms with E-state index in [0.717, 1.165) is 30.2 Å². The lowest BCUT2D eigenvalue weighted by atomic mass is 10.0. The summed E-state index contributed by atoms with van der Waals surface area (Å²) in [6.45, 7) is 4.77. The van der Waals surface area contributed by atoms with Crippen molar-refractivity contribution < 1.29 is 23.8 Å². The maximum absolute atomic E-state index is 11.8. The molecule has 1 N–H and O–H groups in total. The summed E-state index contributed by atoms with van der Waals surface area (Å²) in [4.78, 5) is 34.2. The van der Waals surface area contributed by atoms with Crippen LogP contribution in [0.2, 0.25) is 0 Å². The first-order valence-corrected chi connectivity index (χ1v) is 8.52. The number of fused-ring (bicyclic) bond motifs is 1. The second kappa shape index (κ2) is 8.51. The van der Waals surface area contributed by atoms with Gasteiger partial charge in [-0.05, 0) is 44.4 Å². The summed E-state index contributed by atoms with van der Waals surface area (Å²) in [6.07, 6.45) is 2.76. The van der Waals surface area contributed by atoms with E-state index in [-0.39, 0.29) is 6.61 Å². The number of hydrogen-bond acceptors (Lipinski definition) is 6. The molecule has 7 nitrogen and oxygen atoms in total. The van der Waals surface area contributed by atoms with E-state index in [9.17, 15) is 19.5 Å². The Morgan fingerprint density at radius 1 is 1.35 bits per heavy atom. The lowest BCUT2D eigenvalue weighted by Gasteiger charge is -2.16. The van der Waals surface area contributed by atoms with Gasteiger partial charge in [-0.3, -0.25) is 4.79 Å². The molecule has 0 saturated carbocycles. The fraction of sp³-hybridized carbons (Fsp3) is 0.421. The van der Waals surface area contributed by atoms with Gasteiger partial charge < -0.3 is 24.4 Å². The summed E-state index contributed by atoms with van der Waals surface area (Å²) in [5, 5.41) is 13.7. The van der Waals surface area contributed by atoms with Crippen molar-refractivity contribution in [2.75, 3.05) is 6.61 Å². The Labute approximate surface area is 151 Å². The minimum absolute atomic E-state index is 0.357. The largest absolute Gasteiger partial charge is 0.548 e. The Morgan fingerprint density at radius 3 is 2.73 bits per heavy atom. The lowest BCUT2D eigenvalue weighted by Crippen LogP contribution is -2.47. The minimum Gasteiger partial charge on any atom is -0.548 e. The molecule has 2 rings (SSSR count). The molecule has 7 heteroatoms. The third-order valence-corrected chi connectivity index (χ3v) is 4.09. The maximum Gasteiger partial charge on any atom is 0.336 e. The fourth-order valence-corrected chi connectivity index (χ4v) is 2.62. The molecule has 2 aromatic rings. The number of unbranched alkanes of at least 4 members (excludes halogenated alkanes) is 1. The van der Waals surface area contributed by atoms with Gasteiger partial charge in [0.2, 0.25) is 0 Å². The van der Waals surface area contributed by atoms with Gasteiger partial charge in [-0.15, -0.1) is 0 Å². The SMILES string of the molecule is CCCCc1cc(=O)oc2c(C)c(OCC(=O)N[C@@H](C)C(=O)[O-])ccc12. The van der Waals surface area contributed by atoms with Gasteiger partial charge >= 0.3 is 5.63 Å². The number of carboxylic acid groups (broad SMARTS) is 1. The molecule has 1 aromatic heterocycles. The molecule has 0 spiro atoms. The molecule has 1 amide bonds. The van der Waals surface area contributed by atoms with Crippen LogP contribution >= 0.6 is 0 Å². The van der Waals surface area contributed by atoms with Crippen LogP contribution in [-0.4, -0.2) is 24.5 Å². The average molecular weight is 360 g/mol. The molecule has 0 aliphatic rings. The van der Waals surface area contributed by atoms with Crippen LogP contribution in [0.25, 0.3) is 11.0 Å². The molecule has 0 aliphatic heterocycles. The van der Waals surface area contributed by atoms with Crippen molar-refractivity contribution in [1.82, 2.24) is 5.32 Å². The third kappa shape index (κ3) is 4.62. The summed E-state index contributed by atoms with van der Waals surface area (Å²) in [6, 6.07) is 3.91. The van der Waals surface area contributed by atoms with E-state index in [1.807, 2.05) is 0 Å². The van der Waals surface area contributed by atoms with Crippen molar-refractivity contribution in [1.29, 1.82) is 0 Å². The Morgan fingerprint density at radius 2 is 2.08 bits per heavy atom. The van der Waals surface area contributed by atoms with Gasteiger partial charge in [0.15, 0.2) is 6.61 Å². The summed E-state index contributed by atoms with van der Waals surface area (Å²) < 4.78 is 10.8. The van der Waals surface area contributed by atoms with Gasteiger partial charge in [0.1, 0.15) is 11.3 Å². The number of carbonyl (C=O) groups excluding carboxylic acids is 2. The van der Waals surface area contributed by atoms with Crippen molar-refractivity contribution >= 4 is 22.8 Å². The van der Waals surface area contributed by atoms with Gasteiger partial charge in [0.05, 0.1) is 12.0 Å². The highest BCUT2D eigenvalue weighted by molar-refractivity contribution is 5.86. The minimum atomic E-state index is -1.37. The monoisotopic (exact) mass is 360 g/mol. The number of aryl methyl sites for hydroxylation is 2. The van der Waals surface area contributed by atoms with Crippen molar-refractivity contribution in [3.05, 3.63) is 39.7 Å². The summed E-state index contributed by atoms with van der Waals surface area (Å²) >= 11 is 0. The number of benzene rings is 1. The molecule has 0 bridgehead atoms. The average Bonchev–Trinajstić information content (AvgIpc) is 2.59. The van der Waals surface area contributed by atoms with E-state index < -0.39 is 23.5 Å². The Kier molecular flexibility index (Phi) is 6.38. The number of amides is 1. The molecule has 140 valence electrons. The maximum atomic E-state index is 11.8. The standard InChI is InChI=1S/C19H23NO6/c1-4-5-6-13-9-17(22)26-18-11(2)15(8-7-14(13)18)25-10-16(21)20-12(3)19(23)24/h7-9,12H,4-6,10H2,1-3H3,(H,20,21)(H,23,24)/p-1/t12-/m0/s1. The molecule has 0 radical (unpaired) electrons. The van der Waals surface area contributed by atoms with Gasteiger partial charge in [-0.25, -0.2) is 4.79 Å². The highest BCUT2D eigenvalue weighted by Gasteiger charge is 2.14. The van der Waals surface area contributed by atoms with Gasteiger partial charge in [0.25, 0.3) is 5.91 Å². The molecular formula is C19H22NO6-. The smallest absolute Gasteiger partial charge is 0.336 e. The van der Waals surface area contributed by atoms with Crippen LogP contribution < -0.4 is 20.8 Å². The van der Waals surface area contributed by atoms with Crippen molar-refractivity contribution in [3.8, 4) is 5.75 Å². The first kappa shape index (κ1) is 19.5. The Bertz CT molecular complexity index is 870. The number of carboxylic acids is 1. The Balaban J connectivity index is 2.22. The Hall–Kier alpha value is -2.83. The van der Waals surface area contributed by atoms with Gasteiger partial charge in [0, 0.05) is 17.0 Å². The molecule has 0 unspecified atom stereocenters. The fourth-order valence-electron chi connectivity index (χ4n) is 2.62. The third-order valence-electron chi connectivity index (χ3n) is 4.09. The number of ether oxygens (including phenoxy) is 1. The lowest BCUT2D eigenvalue weighted by molar-refractivity contribution is -0.307. The van der Waals surface area contributed by atoms with Gasteiger partial charge in [-0.1, -0.05) is 13.3 Å². The molecule has 1 atom stereocenters. The normalized spacial score (nSPS) is 12.0. The molecule has 0 saturated heterocycles. The van der Waals surface area contributed by atoms with Crippen LogP contribution in [0.4, 0.5) is 0 Å². The van der Waals surface area contributed by atoms with E-state index in [4.69, 9.17) is 9.15 Å². The van der Waals surface area contributed by atoms with Crippen LogP contribution in [-0.2, 0) is 16.0 Å². The van der Waals surface area contributed by atoms with E-state index in [1.54, 1.807) is 19.1 Å². The van der Waals surface area contributed by atoms with Crippen molar-refractivity contribution in [2.24, 2.45) is 0 Å². The van der Waals surface area contributed by atoms with Crippen LogP contribution in [0, 0.1) is 6.92 Å². The highest BCUT2D eigenvalue weighted by atomic mass is 16.5. The zero-order valence-electron chi connectivity index (χ0n) is 15.1. The number of hydrogen-bond donors (Lipinski definition) is 1. The number of aliphatic carboxylic acids is 1. The second-order valence-electron chi connectivity index (χ2n) is 6.16. The van der Waals surface area contributed by atoms with E-state index in [2.05, 4.69) is 12.2 Å². The number of nitrogens with one attached hydrogen (secondary N) is 1. The summed E-state index contributed by atoms with van der Waals surface area (Å²) in [7, 11) is 0. The van der Waals surface area contributed by atoms with Crippen molar-refractivity contribution in [2.45, 2.75) is 46.1 Å². The van der Waals surface area contributed by atoms with E-state index in [0.29, 0.717) is 16.9 Å². The molecule has 1 heterocycles. The molecular weight excluding hydrogens is 338 g/mol. The quantitative estimate of drug-likeness (QED) is 0.706. The van der Waals surface area contributed by atoms with Gasteiger partial charge in [-0.2, -0.15) is 0 Å². The van der Waals surface area contributed by atoms with E-state index >= 15 is 0 Å². The predicted octanol–water partition coefficient (Wildman–Crippen LogP) is 1.08. The number of carbonyl (C=O) groups is 2. The van der Waals surface area contributed by atoms with Crippen LogP contribution in [0.3, 0.4) is 0 Å². The summed E-state index contributed by atoms with van der Waals surface area (Å²) in [5.41, 5.74) is 1.54. The second-order valence-corrected chi connectivity index (χ2v) is 6.16. The topological polar surface area (TPSA) is 109 Å². The molecule has 1 aromatic carbocycles. The van der Waals surface area contributed by atoms with Crippen LogP contribution in [0.15, 0.2) is 27.4 Å².